The molecule has 174 valence electrons. The molecule has 2 heterocycles. The Morgan fingerprint density at radius 3 is 2.56 bits per heavy atom. The zero-order valence-corrected chi connectivity index (χ0v) is 19.3. The van der Waals surface area contributed by atoms with E-state index in [-0.39, 0.29) is 17.4 Å². The van der Waals surface area contributed by atoms with Gasteiger partial charge in [0.1, 0.15) is 11.5 Å². The van der Waals surface area contributed by atoms with Crippen molar-refractivity contribution in [1.82, 2.24) is 10.6 Å². The van der Waals surface area contributed by atoms with Crippen molar-refractivity contribution in [1.29, 1.82) is 0 Å². The Balaban J connectivity index is 1.21. The number of fused-ring (bicyclic) bond motifs is 1. The van der Waals surface area contributed by atoms with Crippen LogP contribution in [0.1, 0.15) is 74.2 Å². The number of para-hydroxylation sites is 1. The number of nitrogens with one attached hydrogen (secondary N) is 2. The molecule has 1 atom stereocenters. The highest BCUT2D eigenvalue weighted by atomic mass is 16.5. The van der Waals surface area contributed by atoms with E-state index in [1.54, 1.807) is 6.07 Å². The Kier molecular flexibility index (Phi) is 8.03. The molecule has 2 aliphatic heterocycles. The summed E-state index contributed by atoms with van der Waals surface area (Å²) in [5.41, 5.74) is 1.40. The molecule has 1 saturated heterocycles. The summed E-state index contributed by atoms with van der Waals surface area (Å²) in [6, 6.07) is 6.07. The van der Waals surface area contributed by atoms with Gasteiger partial charge in [0.2, 0.25) is 0 Å². The highest BCUT2D eigenvalue weighted by molar-refractivity contribution is 6.47. The van der Waals surface area contributed by atoms with E-state index in [9.17, 15) is 14.6 Å². The number of carbonyl (C=O) groups excluding carboxylic acids is 2. The van der Waals surface area contributed by atoms with Crippen LogP contribution in [0.2, 0.25) is 5.82 Å². The summed E-state index contributed by atoms with van der Waals surface area (Å²) in [7, 11) is -1.04. The molecule has 3 aliphatic rings. The molecule has 7 heteroatoms. The maximum absolute atomic E-state index is 12.8. The second-order valence-corrected chi connectivity index (χ2v) is 10.1. The van der Waals surface area contributed by atoms with Crippen LogP contribution in [0.5, 0.6) is 5.75 Å². The SMILES string of the molecule is CC(=O)c1cccc2c1OB(O)[C@@H](CC(=O)CC1CCC(NCC3CCNCC3)CC1)C2. The number of hydrogen-bond donors (Lipinski definition) is 3. The van der Waals surface area contributed by atoms with E-state index in [2.05, 4.69) is 10.6 Å². The van der Waals surface area contributed by atoms with Gasteiger partial charge in [-0.1, -0.05) is 12.1 Å². The zero-order valence-electron chi connectivity index (χ0n) is 19.3. The second-order valence-electron chi connectivity index (χ2n) is 10.1. The smallest absolute Gasteiger partial charge is 0.526 e. The van der Waals surface area contributed by atoms with Crippen LogP contribution in [0.15, 0.2) is 18.2 Å². The third-order valence-electron chi connectivity index (χ3n) is 7.61. The molecule has 6 nitrogen and oxygen atoms in total. The van der Waals surface area contributed by atoms with Crippen molar-refractivity contribution in [2.75, 3.05) is 19.6 Å². The lowest BCUT2D eigenvalue weighted by Crippen LogP contribution is -2.39. The summed E-state index contributed by atoms with van der Waals surface area (Å²) in [6.07, 6.45) is 8.55. The van der Waals surface area contributed by atoms with E-state index in [0.29, 0.717) is 42.5 Å². The molecule has 4 rings (SSSR count). The molecule has 32 heavy (non-hydrogen) atoms. The van der Waals surface area contributed by atoms with Gasteiger partial charge in [-0.25, -0.2) is 0 Å². The Bertz CT molecular complexity index is 803. The molecule has 0 bridgehead atoms. The normalized spacial score (nSPS) is 26.3. The van der Waals surface area contributed by atoms with Gasteiger partial charge in [-0.05, 0) is 95.0 Å². The third kappa shape index (κ3) is 6.00. The van der Waals surface area contributed by atoms with Crippen LogP contribution in [0, 0.1) is 11.8 Å². The van der Waals surface area contributed by atoms with Gasteiger partial charge in [-0.15, -0.1) is 0 Å². The second kappa shape index (κ2) is 10.9. The fourth-order valence-electron chi connectivity index (χ4n) is 5.62. The highest BCUT2D eigenvalue weighted by Crippen LogP contribution is 2.37. The fraction of sp³-hybridized carbons (Fsp3) is 0.680. The predicted molar refractivity (Wildman–Crippen MR) is 126 cm³/mol. The average molecular weight is 440 g/mol. The van der Waals surface area contributed by atoms with E-state index in [1.807, 2.05) is 12.1 Å². The summed E-state index contributed by atoms with van der Waals surface area (Å²) in [6.45, 7) is 4.91. The molecule has 0 unspecified atom stereocenters. The zero-order chi connectivity index (χ0) is 22.5. The topological polar surface area (TPSA) is 87.7 Å². The quantitative estimate of drug-likeness (QED) is 0.425. The lowest BCUT2D eigenvalue weighted by atomic mass is 9.64. The van der Waals surface area contributed by atoms with Crippen molar-refractivity contribution in [3.05, 3.63) is 29.3 Å². The number of benzene rings is 1. The minimum Gasteiger partial charge on any atom is -0.535 e. The third-order valence-corrected chi connectivity index (χ3v) is 7.61. The largest absolute Gasteiger partial charge is 0.535 e. The first kappa shape index (κ1) is 23.5. The first-order valence-electron chi connectivity index (χ1n) is 12.4. The van der Waals surface area contributed by atoms with Gasteiger partial charge in [0.05, 0.1) is 5.56 Å². The number of ketones is 2. The van der Waals surface area contributed by atoms with E-state index >= 15 is 0 Å². The van der Waals surface area contributed by atoms with Crippen LogP contribution in [-0.4, -0.2) is 49.4 Å². The van der Waals surface area contributed by atoms with E-state index in [4.69, 9.17) is 4.65 Å². The Hall–Kier alpha value is -1.70. The van der Waals surface area contributed by atoms with Crippen molar-refractivity contribution < 1.29 is 19.3 Å². The minimum absolute atomic E-state index is 0.0792. The summed E-state index contributed by atoms with van der Waals surface area (Å²) < 4.78 is 5.69. The summed E-state index contributed by atoms with van der Waals surface area (Å²) in [5, 5.41) is 17.7. The maximum Gasteiger partial charge on any atom is 0.526 e. The summed E-state index contributed by atoms with van der Waals surface area (Å²) >= 11 is 0. The van der Waals surface area contributed by atoms with Crippen molar-refractivity contribution >= 4 is 18.7 Å². The average Bonchev–Trinajstić information content (AvgIpc) is 2.79. The van der Waals surface area contributed by atoms with Crippen molar-refractivity contribution in [2.24, 2.45) is 11.8 Å². The minimum atomic E-state index is -1.04. The molecular formula is C25H37BN2O4. The first-order valence-corrected chi connectivity index (χ1v) is 12.4. The van der Waals surface area contributed by atoms with E-state index < -0.39 is 7.12 Å². The van der Waals surface area contributed by atoms with Crippen LogP contribution in [0.4, 0.5) is 0 Å². The van der Waals surface area contributed by atoms with Gasteiger partial charge in [-0.2, -0.15) is 0 Å². The number of carbonyl (C=O) groups is 2. The maximum atomic E-state index is 12.8. The first-order chi connectivity index (χ1) is 15.5. The number of rotatable bonds is 8. The highest BCUT2D eigenvalue weighted by Gasteiger charge is 2.37. The molecule has 1 saturated carbocycles. The summed E-state index contributed by atoms with van der Waals surface area (Å²) in [4.78, 5) is 24.6. The Labute approximate surface area is 192 Å². The monoisotopic (exact) mass is 440 g/mol. The fourth-order valence-corrected chi connectivity index (χ4v) is 5.62. The molecule has 2 fully saturated rings. The summed E-state index contributed by atoms with van der Waals surface area (Å²) in [5.74, 6) is 1.63. The molecule has 0 radical (unpaired) electrons. The van der Waals surface area contributed by atoms with Crippen LogP contribution >= 0.6 is 0 Å². The van der Waals surface area contributed by atoms with Gasteiger partial charge >= 0.3 is 7.12 Å². The molecule has 1 aromatic rings. The van der Waals surface area contributed by atoms with Crippen molar-refractivity contribution in [2.45, 2.75) is 76.6 Å². The molecule has 0 amide bonds. The number of Topliss-reactive ketones (excluding diaryl/α,β-unsaturated/α-hetero) is 2. The lowest BCUT2D eigenvalue weighted by molar-refractivity contribution is -0.120. The van der Waals surface area contributed by atoms with Crippen molar-refractivity contribution in [3.8, 4) is 5.75 Å². The predicted octanol–water partition coefficient (Wildman–Crippen LogP) is 3.17. The molecule has 1 aromatic carbocycles. The van der Waals surface area contributed by atoms with Gasteiger partial charge in [0, 0.05) is 24.7 Å². The standard InChI is InChI=1S/C25H37BN2O4/c1-17(29)24-4-2-3-20-14-21(26(31)32-25(20)24)15-23(30)13-18-5-7-22(8-6-18)28-16-19-9-11-27-12-10-19/h2-4,18-19,21-22,27-28,31H,5-16H2,1H3/t18?,21-,22?/m1/s1. The number of hydrogen-bond acceptors (Lipinski definition) is 6. The van der Waals surface area contributed by atoms with Crippen LogP contribution < -0.4 is 15.3 Å². The lowest BCUT2D eigenvalue weighted by Gasteiger charge is -2.32. The van der Waals surface area contributed by atoms with Crippen LogP contribution in [0.25, 0.3) is 0 Å². The molecular weight excluding hydrogens is 403 g/mol. The van der Waals surface area contributed by atoms with Crippen LogP contribution in [-0.2, 0) is 11.2 Å². The van der Waals surface area contributed by atoms with Crippen molar-refractivity contribution in [3.63, 3.8) is 0 Å². The Morgan fingerprint density at radius 1 is 1.09 bits per heavy atom. The molecule has 0 aromatic heterocycles. The molecule has 3 N–H and O–H groups in total. The Morgan fingerprint density at radius 2 is 1.84 bits per heavy atom. The van der Waals surface area contributed by atoms with E-state index in [0.717, 1.165) is 56.8 Å². The molecule has 1 aliphatic carbocycles. The molecule has 0 spiro atoms. The van der Waals surface area contributed by atoms with Gasteiger partial charge < -0.3 is 20.3 Å². The van der Waals surface area contributed by atoms with Gasteiger partial charge in [0.25, 0.3) is 0 Å². The van der Waals surface area contributed by atoms with Crippen LogP contribution in [0.3, 0.4) is 0 Å². The number of piperidine rings is 1. The van der Waals surface area contributed by atoms with Gasteiger partial charge in [0.15, 0.2) is 5.78 Å². The van der Waals surface area contributed by atoms with Gasteiger partial charge in [-0.3, -0.25) is 9.59 Å². The van der Waals surface area contributed by atoms with E-state index in [1.165, 1.54) is 19.8 Å².